The highest BCUT2D eigenvalue weighted by Gasteiger charge is 2.42. The number of amides is 8. The van der Waals surface area contributed by atoms with Gasteiger partial charge in [0, 0.05) is 45.2 Å². The van der Waals surface area contributed by atoms with Crippen LogP contribution in [-0.2, 0) is 76.9 Å². The molecule has 2 fully saturated rings. The number of phenolic OH excluding ortho intramolecular Hbond substituents is 2. The van der Waals surface area contributed by atoms with Gasteiger partial charge in [-0.3, -0.25) is 38.4 Å². The molecule has 0 aromatic heterocycles. The minimum absolute atomic E-state index is 0.00672. The van der Waals surface area contributed by atoms with Crippen molar-refractivity contribution < 1.29 is 48.6 Å². The molecule has 8 rings (SSSR count). The molecule has 19 nitrogen and oxygen atoms in total. The van der Waals surface area contributed by atoms with Crippen LogP contribution in [-0.4, -0.2) is 129 Å². The lowest BCUT2D eigenvalue weighted by Gasteiger charge is -2.31. The molecule has 0 saturated carbocycles. The van der Waals surface area contributed by atoms with Gasteiger partial charge in [-0.25, -0.2) is 0 Å². The summed E-state index contributed by atoms with van der Waals surface area (Å²) in [7, 11) is 0. The fourth-order valence-corrected chi connectivity index (χ4v) is 10.7. The number of hydrogen-bond acceptors (Lipinski definition) is 11. The lowest BCUT2D eigenvalue weighted by Crippen LogP contribution is -2.61. The molecule has 2 aliphatic heterocycles. The van der Waals surface area contributed by atoms with Gasteiger partial charge in [0.2, 0.25) is 47.3 Å². The molecular formula is C64H71N9O10. The number of nitrogens with two attached hydrogens (primary N) is 2. The van der Waals surface area contributed by atoms with Gasteiger partial charge in [-0.2, -0.15) is 0 Å². The summed E-state index contributed by atoms with van der Waals surface area (Å²) in [5, 5.41) is 34.2. The van der Waals surface area contributed by atoms with Crippen LogP contribution in [0.4, 0.5) is 0 Å². The maximum absolute atomic E-state index is 15.1. The summed E-state index contributed by atoms with van der Waals surface area (Å²) in [4.78, 5) is 117. The first-order valence-corrected chi connectivity index (χ1v) is 28.0. The number of carbonyl (C=O) groups excluding carboxylic acids is 8. The highest BCUT2D eigenvalue weighted by Crippen LogP contribution is 2.24. The van der Waals surface area contributed by atoms with Crippen molar-refractivity contribution in [3.05, 3.63) is 203 Å². The van der Waals surface area contributed by atoms with Gasteiger partial charge in [0.05, 0.1) is 6.04 Å². The highest BCUT2D eigenvalue weighted by molar-refractivity contribution is 5.98. The number of aromatic hydroxyl groups is 2. The Hall–Kier alpha value is -9.36. The molecule has 2 aliphatic rings. The monoisotopic (exact) mass is 1130 g/mol. The molecule has 432 valence electrons. The zero-order valence-corrected chi connectivity index (χ0v) is 46.0. The van der Waals surface area contributed by atoms with Crippen LogP contribution < -0.4 is 38.1 Å². The van der Waals surface area contributed by atoms with Gasteiger partial charge in [-0.15, -0.1) is 0 Å². The van der Waals surface area contributed by atoms with Crippen molar-refractivity contribution in [1.29, 1.82) is 0 Å². The van der Waals surface area contributed by atoms with Gasteiger partial charge in [0.15, 0.2) is 0 Å². The van der Waals surface area contributed by atoms with E-state index < -0.39 is 95.6 Å². The van der Waals surface area contributed by atoms with Gasteiger partial charge in [-0.05, 0) is 89.8 Å². The molecule has 0 radical (unpaired) electrons. The zero-order valence-electron chi connectivity index (χ0n) is 46.0. The van der Waals surface area contributed by atoms with Gasteiger partial charge >= 0.3 is 0 Å². The van der Waals surface area contributed by atoms with E-state index in [4.69, 9.17) is 11.5 Å². The van der Waals surface area contributed by atoms with Crippen molar-refractivity contribution in [2.45, 2.75) is 113 Å². The molecule has 2 heterocycles. The summed E-state index contributed by atoms with van der Waals surface area (Å²) in [6, 6.07) is 39.1. The van der Waals surface area contributed by atoms with E-state index in [0.717, 1.165) is 11.1 Å². The Morgan fingerprint density at radius 1 is 0.398 bits per heavy atom. The smallest absolute Gasteiger partial charge is 0.246 e. The lowest BCUT2D eigenvalue weighted by molar-refractivity contribution is -0.142. The van der Waals surface area contributed by atoms with Crippen LogP contribution >= 0.6 is 0 Å². The fourth-order valence-electron chi connectivity index (χ4n) is 10.7. The number of nitrogens with one attached hydrogen (secondary N) is 5. The second-order valence-electron chi connectivity index (χ2n) is 21.2. The molecule has 6 aromatic carbocycles. The molecule has 8 atom stereocenters. The van der Waals surface area contributed by atoms with Gasteiger partial charge in [0.1, 0.15) is 53.8 Å². The molecule has 8 unspecified atom stereocenters. The second kappa shape index (κ2) is 28.9. The van der Waals surface area contributed by atoms with E-state index in [1.54, 1.807) is 127 Å². The quantitative estimate of drug-likeness (QED) is 0.0402. The molecule has 0 aliphatic carbocycles. The molecule has 0 bridgehead atoms. The van der Waals surface area contributed by atoms with Crippen molar-refractivity contribution in [3.8, 4) is 11.5 Å². The second-order valence-corrected chi connectivity index (χ2v) is 21.2. The normalized spacial score (nSPS) is 16.9. The molecule has 11 N–H and O–H groups in total. The fraction of sp³-hybridized carbons (Fsp3) is 0.312. The number of nitrogens with zero attached hydrogens (tertiary/aromatic N) is 2. The van der Waals surface area contributed by atoms with Crippen LogP contribution in [0.25, 0.3) is 0 Å². The lowest BCUT2D eigenvalue weighted by atomic mass is 10.00. The number of rotatable bonds is 25. The predicted octanol–water partition coefficient (Wildman–Crippen LogP) is 3.07. The van der Waals surface area contributed by atoms with Gasteiger partial charge in [-0.1, -0.05) is 146 Å². The minimum Gasteiger partial charge on any atom is -0.508 e. The first-order chi connectivity index (χ1) is 40.1. The Morgan fingerprint density at radius 3 is 1.08 bits per heavy atom. The van der Waals surface area contributed by atoms with E-state index in [1.165, 1.54) is 34.1 Å². The van der Waals surface area contributed by atoms with Crippen molar-refractivity contribution in [1.82, 2.24) is 36.4 Å². The van der Waals surface area contributed by atoms with Crippen LogP contribution in [0.5, 0.6) is 11.5 Å². The molecule has 19 heteroatoms. The number of primary amides is 1. The van der Waals surface area contributed by atoms with E-state index in [9.17, 15) is 39.0 Å². The molecular weight excluding hydrogens is 1050 g/mol. The summed E-state index contributed by atoms with van der Waals surface area (Å²) >= 11 is 0. The summed E-state index contributed by atoms with van der Waals surface area (Å²) in [6.07, 6.45) is 1.62. The molecule has 8 amide bonds. The number of carbonyl (C=O) groups is 8. The predicted molar refractivity (Wildman–Crippen MR) is 310 cm³/mol. The van der Waals surface area contributed by atoms with E-state index in [0.29, 0.717) is 41.5 Å². The van der Waals surface area contributed by atoms with Crippen molar-refractivity contribution in [3.63, 3.8) is 0 Å². The Morgan fingerprint density at radius 2 is 0.699 bits per heavy atom. The van der Waals surface area contributed by atoms with Crippen LogP contribution in [0, 0.1) is 0 Å². The van der Waals surface area contributed by atoms with Crippen molar-refractivity contribution in [2.24, 2.45) is 11.5 Å². The minimum atomic E-state index is -1.33. The third kappa shape index (κ3) is 16.9. The van der Waals surface area contributed by atoms with Crippen LogP contribution in [0.15, 0.2) is 170 Å². The average molecular weight is 1130 g/mol. The summed E-state index contributed by atoms with van der Waals surface area (Å²) < 4.78 is 0. The standard InChI is InChI=1S/C64H71N9O10/c65-49(35-45-25-29-47(74)30-26-45)63(82)72-33-13-23-55(72)61(80)70-53(39-44-21-11-4-12-22-44)59(78)68-51(37-42-17-7-2-8-18-42)60(79)71-54(40-46-27-31-48(75)32-28-46)64(83)73-34-14-24-56(73)62(81)69-52(38-43-19-9-3-10-20-43)58(77)67-50(57(66)76)36-41-15-5-1-6-16-41/h1-12,15-22,25-32,49-56,74-75H,13-14,23-24,33-40,65H2,(H2,66,76)(H,67,77)(H,68,78)(H,69,81)(H,70,80)(H,71,79). The van der Waals surface area contributed by atoms with E-state index >= 15 is 9.59 Å². The summed E-state index contributed by atoms with van der Waals surface area (Å²) in [6.45, 7) is 0.386. The Kier molecular flexibility index (Phi) is 20.8. The largest absolute Gasteiger partial charge is 0.508 e. The van der Waals surface area contributed by atoms with Crippen molar-refractivity contribution >= 4 is 47.3 Å². The van der Waals surface area contributed by atoms with Crippen LogP contribution in [0.1, 0.15) is 59.1 Å². The first kappa shape index (κ1) is 59.8. The summed E-state index contributed by atoms with van der Waals surface area (Å²) in [5.41, 5.74) is 16.3. The number of phenols is 2. The first-order valence-electron chi connectivity index (χ1n) is 28.0. The number of hydrogen-bond donors (Lipinski definition) is 9. The summed E-state index contributed by atoms with van der Waals surface area (Å²) in [5.74, 6) is -5.14. The van der Waals surface area contributed by atoms with Crippen LogP contribution in [0.3, 0.4) is 0 Å². The van der Waals surface area contributed by atoms with E-state index in [-0.39, 0.29) is 69.5 Å². The zero-order chi connectivity index (χ0) is 58.8. The Labute approximate surface area is 482 Å². The number of likely N-dealkylation sites (tertiary alicyclic amines) is 2. The molecule has 2 saturated heterocycles. The van der Waals surface area contributed by atoms with Gasteiger partial charge < -0.3 is 58.1 Å². The van der Waals surface area contributed by atoms with E-state index in [1.807, 2.05) is 18.2 Å². The molecule has 83 heavy (non-hydrogen) atoms. The third-order valence-electron chi connectivity index (χ3n) is 15.1. The maximum atomic E-state index is 15.1. The Balaban J connectivity index is 1.02. The SMILES string of the molecule is NC(=O)C(Cc1ccccc1)NC(=O)C(Cc1ccccc1)NC(=O)C1CCCN1C(=O)C(Cc1ccc(O)cc1)NC(=O)C(Cc1ccccc1)NC(=O)C(Cc1ccccc1)NC(=O)C1CCCN1C(=O)C(N)Cc1ccc(O)cc1. The highest BCUT2D eigenvalue weighted by atomic mass is 16.3. The number of benzene rings is 6. The topological polar surface area (TPSA) is 296 Å². The van der Waals surface area contributed by atoms with Crippen molar-refractivity contribution in [2.75, 3.05) is 13.1 Å². The Bertz CT molecular complexity index is 3170. The average Bonchev–Trinajstić information content (AvgIpc) is 4.36. The maximum Gasteiger partial charge on any atom is 0.246 e. The molecule has 0 spiro atoms. The molecule has 6 aromatic rings. The van der Waals surface area contributed by atoms with E-state index in [2.05, 4.69) is 26.6 Å². The van der Waals surface area contributed by atoms with Gasteiger partial charge in [0.25, 0.3) is 0 Å². The van der Waals surface area contributed by atoms with Crippen LogP contribution in [0.2, 0.25) is 0 Å². The third-order valence-corrected chi connectivity index (χ3v) is 15.1.